The van der Waals surface area contributed by atoms with Crippen molar-refractivity contribution < 1.29 is 14.4 Å². The third-order valence-electron chi connectivity index (χ3n) is 5.98. The van der Waals surface area contributed by atoms with Crippen LogP contribution in [0.15, 0.2) is 24.3 Å². The Labute approximate surface area is 148 Å². The maximum atomic E-state index is 12.5. The molecule has 5 nitrogen and oxygen atoms in total. The Morgan fingerprint density at radius 1 is 0.960 bits per heavy atom. The van der Waals surface area contributed by atoms with Crippen molar-refractivity contribution in [3.63, 3.8) is 0 Å². The van der Waals surface area contributed by atoms with E-state index in [1.54, 1.807) is 24.3 Å². The van der Waals surface area contributed by atoms with Crippen LogP contribution in [0.4, 0.5) is 0 Å². The first-order valence-electron chi connectivity index (χ1n) is 9.38. The first-order chi connectivity index (χ1) is 12.1. The van der Waals surface area contributed by atoms with Crippen molar-refractivity contribution in [2.45, 2.75) is 38.5 Å². The third kappa shape index (κ3) is 2.96. The summed E-state index contributed by atoms with van der Waals surface area (Å²) in [6, 6.07) is 6.91. The molecule has 1 saturated carbocycles. The van der Waals surface area contributed by atoms with Crippen molar-refractivity contribution >= 4 is 17.7 Å². The number of likely N-dealkylation sites (tertiary alicyclic amines) is 1. The summed E-state index contributed by atoms with van der Waals surface area (Å²) in [7, 11) is 0. The summed E-state index contributed by atoms with van der Waals surface area (Å²) in [6.45, 7) is 2.12. The summed E-state index contributed by atoms with van der Waals surface area (Å²) in [5, 5.41) is 0. The Hall–Kier alpha value is -2.17. The molecule has 1 aromatic rings. The van der Waals surface area contributed by atoms with Crippen LogP contribution in [0.2, 0.25) is 0 Å². The second kappa shape index (κ2) is 6.62. The molecule has 0 spiro atoms. The van der Waals surface area contributed by atoms with Crippen LogP contribution in [0.25, 0.3) is 0 Å². The van der Waals surface area contributed by atoms with E-state index >= 15 is 0 Å². The second-order valence-corrected chi connectivity index (χ2v) is 7.51. The van der Waals surface area contributed by atoms with Gasteiger partial charge in [0.25, 0.3) is 11.8 Å². The van der Waals surface area contributed by atoms with Crippen molar-refractivity contribution in [2.24, 2.45) is 11.8 Å². The van der Waals surface area contributed by atoms with E-state index in [1.807, 2.05) is 4.90 Å². The van der Waals surface area contributed by atoms with Gasteiger partial charge in [-0.3, -0.25) is 19.3 Å². The number of carbonyl (C=O) groups is 3. The minimum Gasteiger partial charge on any atom is -0.342 e. The molecule has 3 amide bonds. The zero-order valence-electron chi connectivity index (χ0n) is 14.4. The summed E-state index contributed by atoms with van der Waals surface area (Å²) >= 11 is 0. The number of benzene rings is 1. The maximum absolute atomic E-state index is 12.5. The first kappa shape index (κ1) is 16.3. The second-order valence-electron chi connectivity index (χ2n) is 7.51. The number of fused-ring (bicyclic) bond motifs is 2. The van der Waals surface area contributed by atoms with Crippen LogP contribution < -0.4 is 0 Å². The van der Waals surface area contributed by atoms with E-state index in [9.17, 15) is 14.4 Å². The largest absolute Gasteiger partial charge is 0.342 e. The standard InChI is InChI=1S/C20H24N2O3/c23-18(21-12-14-6-1-2-7-15(14)13-21)10-5-11-22-19(24)16-8-3-4-9-17(16)20(22)25/h3-4,8-9,14-15H,1-2,5-7,10-13H2. The molecular weight excluding hydrogens is 316 g/mol. The highest BCUT2D eigenvalue weighted by Crippen LogP contribution is 2.36. The van der Waals surface area contributed by atoms with E-state index in [4.69, 9.17) is 0 Å². The summed E-state index contributed by atoms with van der Waals surface area (Å²) in [5.41, 5.74) is 0.949. The number of hydrogen-bond acceptors (Lipinski definition) is 3. The average Bonchev–Trinajstić information content (AvgIpc) is 3.17. The molecule has 2 fully saturated rings. The van der Waals surface area contributed by atoms with Gasteiger partial charge in [0.05, 0.1) is 11.1 Å². The van der Waals surface area contributed by atoms with Crippen molar-refractivity contribution in [3.8, 4) is 0 Å². The van der Waals surface area contributed by atoms with E-state index in [2.05, 4.69) is 0 Å². The molecule has 1 aromatic carbocycles. The Bertz CT molecular complexity index is 666. The Morgan fingerprint density at radius 2 is 1.52 bits per heavy atom. The smallest absolute Gasteiger partial charge is 0.261 e. The maximum Gasteiger partial charge on any atom is 0.261 e. The molecule has 25 heavy (non-hydrogen) atoms. The van der Waals surface area contributed by atoms with Gasteiger partial charge in [0.1, 0.15) is 0 Å². The number of rotatable bonds is 4. The molecule has 0 aromatic heterocycles. The van der Waals surface area contributed by atoms with E-state index < -0.39 is 0 Å². The number of amides is 3. The molecule has 0 radical (unpaired) electrons. The average molecular weight is 340 g/mol. The van der Waals surface area contributed by atoms with Crippen molar-refractivity contribution in [3.05, 3.63) is 35.4 Å². The van der Waals surface area contributed by atoms with Crippen LogP contribution >= 0.6 is 0 Å². The Kier molecular flexibility index (Phi) is 4.32. The van der Waals surface area contributed by atoms with Crippen molar-refractivity contribution in [2.75, 3.05) is 19.6 Å². The van der Waals surface area contributed by atoms with Gasteiger partial charge in [0.15, 0.2) is 0 Å². The zero-order chi connectivity index (χ0) is 17.4. The van der Waals surface area contributed by atoms with Gasteiger partial charge >= 0.3 is 0 Å². The van der Waals surface area contributed by atoms with E-state index in [-0.39, 0.29) is 17.7 Å². The van der Waals surface area contributed by atoms with Gasteiger partial charge in [-0.05, 0) is 43.2 Å². The lowest BCUT2D eigenvalue weighted by atomic mass is 9.82. The summed E-state index contributed by atoms with van der Waals surface area (Å²) < 4.78 is 0. The Morgan fingerprint density at radius 3 is 2.08 bits per heavy atom. The minimum atomic E-state index is -0.236. The number of carbonyl (C=O) groups excluding carboxylic acids is 3. The molecule has 2 heterocycles. The van der Waals surface area contributed by atoms with Gasteiger partial charge in [-0.15, -0.1) is 0 Å². The summed E-state index contributed by atoms with van der Waals surface area (Å²) in [4.78, 5) is 40.4. The third-order valence-corrected chi connectivity index (χ3v) is 5.98. The lowest BCUT2D eigenvalue weighted by molar-refractivity contribution is -0.130. The van der Waals surface area contributed by atoms with Gasteiger partial charge in [-0.2, -0.15) is 0 Å². The van der Waals surface area contributed by atoms with Crippen LogP contribution in [0.3, 0.4) is 0 Å². The molecule has 5 heteroatoms. The molecule has 3 aliphatic rings. The lowest BCUT2D eigenvalue weighted by Crippen LogP contribution is -2.33. The summed E-state index contributed by atoms with van der Waals surface area (Å²) in [5.74, 6) is 1.08. The van der Waals surface area contributed by atoms with Gasteiger partial charge < -0.3 is 4.90 Å². The molecule has 132 valence electrons. The van der Waals surface area contributed by atoms with Gasteiger partial charge in [-0.1, -0.05) is 25.0 Å². The van der Waals surface area contributed by atoms with Gasteiger partial charge in [-0.25, -0.2) is 0 Å². The van der Waals surface area contributed by atoms with E-state index in [1.165, 1.54) is 30.6 Å². The fourth-order valence-corrected chi connectivity index (χ4v) is 4.60. The van der Waals surface area contributed by atoms with E-state index in [0.717, 1.165) is 13.1 Å². The minimum absolute atomic E-state index is 0.172. The topological polar surface area (TPSA) is 57.7 Å². The molecule has 2 unspecified atom stereocenters. The van der Waals surface area contributed by atoms with Gasteiger partial charge in [0.2, 0.25) is 5.91 Å². The molecule has 1 aliphatic carbocycles. The SMILES string of the molecule is O=C(CCCN1C(=O)c2ccccc2C1=O)N1CC2CCCCC2C1. The first-order valence-corrected chi connectivity index (χ1v) is 9.38. The normalized spacial score (nSPS) is 25.3. The van der Waals surface area contributed by atoms with Crippen LogP contribution in [0, 0.1) is 11.8 Å². The van der Waals surface area contributed by atoms with Gasteiger partial charge in [0, 0.05) is 26.1 Å². The quantitative estimate of drug-likeness (QED) is 0.792. The fraction of sp³-hybridized carbons (Fsp3) is 0.550. The van der Waals surface area contributed by atoms with Crippen LogP contribution in [0.1, 0.15) is 59.2 Å². The molecular formula is C20H24N2O3. The predicted octanol–water partition coefficient (Wildman–Crippen LogP) is 2.71. The molecule has 0 N–H and O–H groups in total. The highest BCUT2D eigenvalue weighted by Gasteiger charge is 2.37. The predicted molar refractivity (Wildman–Crippen MR) is 93.1 cm³/mol. The van der Waals surface area contributed by atoms with E-state index in [0.29, 0.717) is 42.3 Å². The monoisotopic (exact) mass is 340 g/mol. The molecule has 2 atom stereocenters. The molecule has 0 bridgehead atoms. The van der Waals surface area contributed by atoms with Crippen molar-refractivity contribution in [1.29, 1.82) is 0 Å². The molecule has 2 aliphatic heterocycles. The fourth-order valence-electron chi connectivity index (χ4n) is 4.60. The lowest BCUT2D eigenvalue weighted by Gasteiger charge is -2.22. The number of hydrogen-bond donors (Lipinski definition) is 0. The highest BCUT2D eigenvalue weighted by atomic mass is 16.2. The molecule has 4 rings (SSSR count). The van der Waals surface area contributed by atoms with Crippen LogP contribution in [-0.4, -0.2) is 47.2 Å². The molecule has 1 saturated heterocycles. The summed E-state index contributed by atoms with van der Waals surface area (Å²) in [6.07, 6.45) is 6.04. The van der Waals surface area contributed by atoms with Crippen LogP contribution in [0.5, 0.6) is 0 Å². The van der Waals surface area contributed by atoms with Crippen molar-refractivity contribution in [1.82, 2.24) is 9.80 Å². The highest BCUT2D eigenvalue weighted by molar-refractivity contribution is 6.21. The Balaban J connectivity index is 1.29. The number of imide groups is 1. The van der Waals surface area contributed by atoms with Crippen LogP contribution in [-0.2, 0) is 4.79 Å². The number of nitrogens with zero attached hydrogens (tertiary/aromatic N) is 2. The zero-order valence-corrected chi connectivity index (χ0v) is 14.4.